The molecule has 0 bridgehead atoms. The Bertz CT molecular complexity index is 348. The molecule has 0 aromatic rings. The van der Waals surface area contributed by atoms with E-state index in [2.05, 4.69) is 12.1 Å². The van der Waals surface area contributed by atoms with Crippen LogP contribution in [0.2, 0.25) is 0 Å². The monoisotopic (exact) mass is 253 g/mol. The number of oxime groups is 1. The van der Waals surface area contributed by atoms with Crippen molar-refractivity contribution >= 4 is 11.7 Å². The molecule has 1 atom stereocenters. The van der Waals surface area contributed by atoms with Crippen LogP contribution >= 0.6 is 0 Å². The van der Waals surface area contributed by atoms with E-state index in [1.54, 1.807) is 0 Å². The van der Waals surface area contributed by atoms with Crippen LogP contribution in [0, 0.1) is 5.41 Å². The summed E-state index contributed by atoms with van der Waals surface area (Å²) >= 11 is 0. The van der Waals surface area contributed by atoms with Crippen LogP contribution < -0.4 is 5.73 Å². The van der Waals surface area contributed by atoms with Crippen molar-refractivity contribution in [1.82, 2.24) is 4.90 Å². The normalized spacial score (nSPS) is 27.7. The number of carbonyl (C=O) groups excluding carboxylic acids is 1. The van der Waals surface area contributed by atoms with Crippen molar-refractivity contribution in [3.05, 3.63) is 0 Å². The Morgan fingerprint density at radius 1 is 1.44 bits per heavy atom. The Labute approximate surface area is 108 Å². The van der Waals surface area contributed by atoms with E-state index in [9.17, 15) is 4.79 Å². The lowest BCUT2D eigenvalue weighted by atomic mass is 9.83. The first kappa shape index (κ1) is 13.2. The van der Waals surface area contributed by atoms with E-state index in [4.69, 9.17) is 10.9 Å². The molecule has 1 saturated carbocycles. The average Bonchev–Trinajstić information content (AvgIpc) is 3.05. The molecule has 5 nitrogen and oxygen atoms in total. The Kier molecular flexibility index (Phi) is 3.78. The van der Waals surface area contributed by atoms with Gasteiger partial charge in [0.2, 0.25) is 5.91 Å². The maximum Gasteiger partial charge on any atom is 0.236 e. The second-order valence-electron chi connectivity index (χ2n) is 5.48. The number of amides is 1. The summed E-state index contributed by atoms with van der Waals surface area (Å²) in [5, 5.41) is 12.1. The van der Waals surface area contributed by atoms with Crippen molar-refractivity contribution in [2.45, 2.75) is 57.9 Å². The number of nitrogens with two attached hydrogens (primary N) is 1. The largest absolute Gasteiger partial charge is 0.409 e. The van der Waals surface area contributed by atoms with E-state index < -0.39 is 5.41 Å². The first-order chi connectivity index (χ1) is 8.65. The third-order valence-corrected chi connectivity index (χ3v) is 4.57. The molecule has 1 aliphatic heterocycles. The fraction of sp³-hybridized carbons (Fsp3) is 0.846. The van der Waals surface area contributed by atoms with Gasteiger partial charge in [0, 0.05) is 12.6 Å². The van der Waals surface area contributed by atoms with Crippen LogP contribution in [0.15, 0.2) is 5.16 Å². The van der Waals surface area contributed by atoms with Crippen LogP contribution in [0.4, 0.5) is 0 Å². The molecule has 2 aliphatic rings. The molecule has 0 aromatic carbocycles. The molecule has 18 heavy (non-hydrogen) atoms. The van der Waals surface area contributed by atoms with Crippen molar-refractivity contribution in [2.75, 3.05) is 6.54 Å². The molecule has 2 rings (SSSR count). The molecule has 5 heteroatoms. The van der Waals surface area contributed by atoms with E-state index in [1.165, 1.54) is 0 Å². The van der Waals surface area contributed by atoms with Crippen LogP contribution in [0.25, 0.3) is 0 Å². The van der Waals surface area contributed by atoms with Crippen LogP contribution in [-0.2, 0) is 4.79 Å². The van der Waals surface area contributed by atoms with Gasteiger partial charge in [-0.3, -0.25) is 4.79 Å². The van der Waals surface area contributed by atoms with Crippen molar-refractivity contribution in [2.24, 2.45) is 16.3 Å². The lowest BCUT2D eigenvalue weighted by Gasteiger charge is -2.34. The minimum absolute atomic E-state index is 0.0830. The van der Waals surface area contributed by atoms with Gasteiger partial charge < -0.3 is 15.8 Å². The second kappa shape index (κ2) is 5.16. The van der Waals surface area contributed by atoms with Gasteiger partial charge in [0.15, 0.2) is 5.84 Å². The van der Waals surface area contributed by atoms with Gasteiger partial charge in [0.1, 0.15) is 5.41 Å². The SMILES string of the molecule is CCC1CCCN1C(=O)C1(C(N)=NO)CCCC1. The van der Waals surface area contributed by atoms with Crippen LogP contribution in [0.3, 0.4) is 0 Å². The van der Waals surface area contributed by atoms with Crippen LogP contribution in [0.1, 0.15) is 51.9 Å². The van der Waals surface area contributed by atoms with Crippen molar-refractivity contribution in [1.29, 1.82) is 0 Å². The van der Waals surface area contributed by atoms with Gasteiger partial charge in [0.05, 0.1) is 0 Å². The summed E-state index contributed by atoms with van der Waals surface area (Å²) in [6, 6.07) is 0.335. The van der Waals surface area contributed by atoms with Crippen molar-refractivity contribution in [3.63, 3.8) is 0 Å². The first-order valence-corrected chi connectivity index (χ1v) is 6.95. The average molecular weight is 253 g/mol. The maximum absolute atomic E-state index is 12.8. The molecule has 1 heterocycles. The molecular weight excluding hydrogens is 230 g/mol. The zero-order valence-electron chi connectivity index (χ0n) is 11.1. The van der Waals surface area contributed by atoms with Gasteiger partial charge in [-0.15, -0.1) is 0 Å². The highest BCUT2D eigenvalue weighted by molar-refractivity contribution is 6.07. The van der Waals surface area contributed by atoms with Crippen LogP contribution in [0.5, 0.6) is 0 Å². The Morgan fingerprint density at radius 2 is 2.11 bits per heavy atom. The highest BCUT2D eigenvalue weighted by atomic mass is 16.4. The number of nitrogens with zero attached hydrogens (tertiary/aromatic N) is 2. The van der Waals surface area contributed by atoms with Gasteiger partial charge in [-0.05, 0) is 32.1 Å². The summed E-state index contributed by atoms with van der Waals surface area (Å²) in [4.78, 5) is 14.8. The lowest BCUT2D eigenvalue weighted by molar-refractivity contribution is -0.139. The Hall–Kier alpha value is -1.26. The predicted octanol–water partition coefficient (Wildman–Crippen LogP) is 1.69. The fourth-order valence-corrected chi connectivity index (χ4v) is 3.46. The van der Waals surface area contributed by atoms with E-state index >= 15 is 0 Å². The van der Waals surface area contributed by atoms with Gasteiger partial charge in [0.25, 0.3) is 0 Å². The fourth-order valence-electron chi connectivity index (χ4n) is 3.46. The lowest BCUT2D eigenvalue weighted by Crippen LogP contribution is -2.51. The highest BCUT2D eigenvalue weighted by Gasteiger charge is 2.49. The number of hydrogen-bond donors (Lipinski definition) is 2. The highest BCUT2D eigenvalue weighted by Crippen LogP contribution is 2.41. The molecule has 1 unspecified atom stereocenters. The summed E-state index contributed by atoms with van der Waals surface area (Å²) in [6.07, 6.45) is 6.52. The smallest absolute Gasteiger partial charge is 0.236 e. The number of amidine groups is 1. The molecule has 0 spiro atoms. The quantitative estimate of drug-likeness (QED) is 0.348. The van der Waals surface area contributed by atoms with Crippen LogP contribution in [-0.4, -0.2) is 34.4 Å². The third kappa shape index (κ3) is 1.95. The van der Waals surface area contributed by atoms with Gasteiger partial charge in [-0.2, -0.15) is 0 Å². The molecular formula is C13H23N3O2. The van der Waals surface area contributed by atoms with E-state index in [0.717, 1.165) is 38.6 Å². The number of likely N-dealkylation sites (tertiary alicyclic amines) is 1. The standard InChI is InChI=1S/C13H23N3O2/c1-2-10-6-5-9-16(10)12(17)13(11(14)15-18)7-3-4-8-13/h10,18H,2-9H2,1H3,(H2,14,15). The van der Waals surface area contributed by atoms with E-state index in [1.807, 2.05) is 4.90 Å². The first-order valence-electron chi connectivity index (χ1n) is 6.95. The molecule has 3 N–H and O–H groups in total. The predicted molar refractivity (Wildman–Crippen MR) is 69.3 cm³/mol. The zero-order valence-corrected chi connectivity index (χ0v) is 11.1. The molecule has 2 fully saturated rings. The number of hydrogen-bond acceptors (Lipinski definition) is 3. The van der Waals surface area contributed by atoms with Gasteiger partial charge >= 0.3 is 0 Å². The summed E-state index contributed by atoms with van der Waals surface area (Å²) < 4.78 is 0. The minimum Gasteiger partial charge on any atom is -0.409 e. The second-order valence-corrected chi connectivity index (χ2v) is 5.48. The number of rotatable bonds is 3. The molecule has 102 valence electrons. The van der Waals surface area contributed by atoms with E-state index in [0.29, 0.717) is 18.9 Å². The van der Waals surface area contributed by atoms with Crippen molar-refractivity contribution in [3.8, 4) is 0 Å². The summed E-state index contributed by atoms with van der Waals surface area (Å²) in [5.74, 6) is 0.186. The molecule has 1 aliphatic carbocycles. The molecule has 1 amide bonds. The van der Waals surface area contributed by atoms with Crippen molar-refractivity contribution < 1.29 is 10.0 Å². The minimum atomic E-state index is -0.730. The van der Waals surface area contributed by atoms with Gasteiger partial charge in [-0.25, -0.2) is 0 Å². The summed E-state index contributed by atoms with van der Waals surface area (Å²) in [5.41, 5.74) is 5.09. The topological polar surface area (TPSA) is 78.9 Å². The summed E-state index contributed by atoms with van der Waals surface area (Å²) in [7, 11) is 0. The van der Waals surface area contributed by atoms with Gasteiger partial charge in [-0.1, -0.05) is 24.9 Å². The number of carbonyl (C=O) groups is 1. The van der Waals surface area contributed by atoms with E-state index in [-0.39, 0.29) is 11.7 Å². The maximum atomic E-state index is 12.8. The zero-order chi connectivity index (χ0) is 13.2. The Balaban J connectivity index is 2.24. The Morgan fingerprint density at radius 3 is 2.67 bits per heavy atom. The molecule has 0 radical (unpaired) electrons. The summed E-state index contributed by atoms with van der Waals surface area (Å²) in [6.45, 7) is 2.93. The molecule has 1 saturated heterocycles. The third-order valence-electron chi connectivity index (χ3n) is 4.57. The molecule has 0 aromatic heterocycles.